The van der Waals surface area contributed by atoms with Crippen molar-refractivity contribution in [2.24, 2.45) is 0 Å². The van der Waals surface area contributed by atoms with E-state index in [9.17, 15) is 14.4 Å². The lowest BCUT2D eigenvalue weighted by molar-refractivity contribution is -0.145. The molecule has 0 heterocycles. The van der Waals surface area contributed by atoms with Gasteiger partial charge in [-0.05, 0) is 31.5 Å². The second-order valence-corrected chi connectivity index (χ2v) is 6.88. The summed E-state index contributed by atoms with van der Waals surface area (Å²) in [6.07, 6.45) is 0. The van der Waals surface area contributed by atoms with E-state index in [0.29, 0.717) is 15.8 Å². The summed E-state index contributed by atoms with van der Waals surface area (Å²) in [5.41, 5.74) is 0.922. The predicted molar refractivity (Wildman–Crippen MR) is 95.4 cm³/mol. The van der Waals surface area contributed by atoms with Gasteiger partial charge in [-0.15, -0.1) is 11.8 Å². The zero-order valence-corrected chi connectivity index (χ0v) is 15.6. The first-order valence-electron chi connectivity index (χ1n) is 7.05. The van der Waals surface area contributed by atoms with Gasteiger partial charge >= 0.3 is 12.0 Å². The highest BCUT2D eigenvalue weighted by Crippen LogP contribution is 2.24. The van der Waals surface area contributed by atoms with Gasteiger partial charge in [-0.3, -0.25) is 14.9 Å². The molecule has 2 N–H and O–H groups in total. The Morgan fingerprint density at radius 3 is 2.54 bits per heavy atom. The Hall–Kier alpha value is -1.44. The highest BCUT2D eigenvalue weighted by molar-refractivity contribution is 7.99. The maximum Gasteiger partial charge on any atom is 0.321 e. The van der Waals surface area contributed by atoms with Crippen LogP contribution in [-0.2, 0) is 20.1 Å². The Bertz CT molecular complexity index is 611. The van der Waals surface area contributed by atoms with Crippen molar-refractivity contribution in [3.63, 3.8) is 0 Å². The van der Waals surface area contributed by atoms with Gasteiger partial charge in [0, 0.05) is 11.8 Å². The molecule has 0 saturated heterocycles. The summed E-state index contributed by atoms with van der Waals surface area (Å²) in [6, 6.07) is 4.50. The molecule has 6 nitrogen and oxygen atoms in total. The second-order valence-electron chi connectivity index (χ2n) is 5.08. The van der Waals surface area contributed by atoms with Crippen LogP contribution in [0.5, 0.6) is 0 Å². The van der Waals surface area contributed by atoms with Gasteiger partial charge in [0.15, 0.2) is 6.61 Å². The van der Waals surface area contributed by atoms with Crippen LogP contribution in [0.15, 0.2) is 18.2 Å². The molecule has 0 atom stereocenters. The number of ether oxygens (including phenoxy) is 1. The minimum atomic E-state index is -0.684. The highest BCUT2D eigenvalue weighted by Gasteiger charge is 2.11. The molecule has 0 aliphatic heterocycles. The van der Waals surface area contributed by atoms with Crippen molar-refractivity contribution in [2.45, 2.75) is 25.6 Å². The van der Waals surface area contributed by atoms with E-state index in [-0.39, 0.29) is 11.8 Å². The van der Waals surface area contributed by atoms with Crippen LogP contribution >= 0.6 is 35.0 Å². The van der Waals surface area contributed by atoms with Gasteiger partial charge in [-0.1, -0.05) is 29.3 Å². The number of benzene rings is 1. The van der Waals surface area contributed by atoms with E-state index in [1.54, 1.807) is 26.0 Å². The molecule has 0 fully saturated rings. The molecule has 9 heteroatoms. The van der Waals surface area contributed by atoms with Crippen molar-refractivity contribution >= 4 is 52.9 Å². The fourth-order valence-corrected chi connectivity index (χ4v) is 2.62. The SMILES string of the molecule is CC(C)NC(=O)NC(=O)COC(=O)CSCc1ccc(Cl)c(Cl)c1. The van der Waals surface area contributed by atoms with Gasteiger partial charge in [0.1, 0.15) is 0 Å². The van der Waals surface area contributed by atoms with E-state index in [0.717, 1.165) is 5.56 Å². The van der Waals surface area contributed by atoms with Gasteiger partial charge in [-0.25, -0.2) is 4.79 Å². The maximum absolute atomic E-state index is 11.6. The number of hydrogen-bond acceptors (Lipinski definition) is 5. The van der Waals surface area contributed by atoms with Crippen LogP contribution in [0.1, 0.15) is 19.4 Å². The minimum Gasteiger partial charge on any atom is -0.455 e. The molecule has 0 bridgehead atoms. The van der Waals surface area contributed by atoms with Gasteiger partial charge in [0.2, 0.25) is 0 Å². The van der Waals surface area contributed by atoms with Crippen molar-refractivity contribution < 1.29 is 19.1 Å². The van der Waals surface area contributed by atoms with E-state index >= 15 is 0 Å². The molecule has 24 heavy (non-hydrogen) atoms. The summed E-state index contributed by atoms with van der Waals surface area (Å²) in [6.45, 7) is 3.02. The molecule has 1 aromatic rings. The van der Waals surface area contributed by atoms with Crippen molar-refractivity contribution in [1.82, 2.24) is 10.6 Å². The number of urea groups is 1. The van der Waals surface area contributed by atoms with Gasteiger partial charge in [0.25, 0.3) is 5.91 Å². The number of rotatable bonds is 7. The van der Waals surface area contributed by atoms with Crippen molar-refractivity contribution in [3.8, 4) is 0 Å². The van der Waals surface area contributed by atoms with E-state index < -0.39 is 24.5 Å². The summed E-state index contributed by atoms with van der Waals surface area (Å²) in [4.78, 5) is 34.3. The summed E-state index contributed by atoms with van der Waals surface area (Å²) >= 11 is 13.0. The Labute approximate surface area is 154 Å². The lowest BCUT2D eigenvalue weighted by atomic mass is 10.2. The zero-order valence-electron chi connectivity index (χ0n) is 13.2. The average molecular weight is 393 g/mol. The van der Waals surface area contributed by atoms with E-state index in [1.165, 1.54) is 11.8 Å². The largest absolute Gasteiger partial charge is 0.455 e. The number of carbonyl (C=O) groups is 3. The topological polar surface area (TPSA) is 84.5 Å². The zero-order chi connectivity index (χ0) is 18.1. The van der Waals surface area contributed by atoms with E-state index in [1.807, 2.05) is 6.07 Å². The van der Waals surface area contributed by atoms with Crippen LogP contribution < -0.4 is 10.6 Å². The number of hydrogen-bond donors (Lipinski definition) is 2. The van der Waals surface area contributed by atoms with E-state index in [2.05, 4.69) is 10.6 Å². The molecule has 1 rings (SSSR count). The first-order chi connectivity index (χ1) is 11.3. The van der Waals surface area contributed by atoms with Crippen LogP contribution in [0.2, 0.25) is 10.0 Å². The third-order valence-corrected chi connectivity index (χ3v) is 4.23. The summed E-state index contributed by atoms with van der Waals surface area (Å²) < 4.78 is 4.79. The van der Waals surface area contributed by atoms with E-state index in [4.69, 9.17) is 27.9 Å². The minimum absolute atomic E-state index is 0.0751. The number of imide groups is 1. The molecular weight excluding hydrogens is 375 g/mol. The van der Waals surface area contributed by atoms with Crippen molar-refractivity contribution in [3.05, 3.63) is 33.8 Å². The lowest BCUT2D eigenvalue weighted by Crippen LogP contribution is -2.44. The molecule has 0 spiro atoms. The molecule has 0 aliphatic carbocycles. The molecule has 3 amide bonds. The Kier molecular flexibility index (Phi) is 8.95. The number of carbonyl (C=O) groups excluding carboxylic acids is 3. The Balaban J connectivity index is 2.23. The number of esters is 1. The van der Waals surface area contributed by atoms with Crippen LogP contribution in [0, 0.1) is 0 Å². The summed E-state index contributed by atoms with van der Waals surface area (Å²) in [5, 5.41) is 5.47. The number of nitrogens with one attached hydrogen (secondary N) is 2. The molecule has 0 unspecified atom stereocenters. The number of halogens is 2. The Morgan fingerprint density at radius 1 is 1.21 bits per heavy atom. The fourth-order valence-electron chi connectivity index (χ4n) is 1.53. The van der Waals surface area contributed by atoms with Crippen LogP contribution in [0.25, 0.3) is 0 Å². The van der Waals surface area contributed by atoms with Gasteiger partial charge in [-0.2, -0.15) is 0 Å². The van der Waals surface area contributed by atoms with Gasteiger partial charge < -0.3 is 10.1 Å². The average Bonchev–Trinajstić information content (AvgIpc) is 2.48. The predicted octanol–water partition coefficient (Wildman–Crippen LogP) is 3.00. The summed E-state index contributed by atoms with van der Waals surface area (Å²) in [7, 11) is 0. The van der Waals surface area contributed by atoms with Crippen LogP contribution in [-0.4, -0.2) is 36.3 Å². The normalized spacial score (nSPS) is 10.4. The fraction of sp³-hybridized carbons (Fsp3) is 0.400. The molecule has 132 valence electrons. The molecule has 0 saturated carbocycles. The van der Waals surface area contributed by atoms with Crippen LogP contribution in [0.3, 0.4) is 0 Å². The molecule has 1 aromatic carbocycles. The standard InChI is InChI=1S/C15H18Cl2N2O4S/c1-9(2)18-15(22)19-13(20)6-23-14(21)8-24-7-10-3-4-11(16)12(17)5-10/h3-5,9H,6-8H2,1-2H3,(H2,18,19,20,22). The number of thioether (sulfide) groups is 1. The maximum atomic E-state index is 11.6. The molecule has 0 radical (unpaired) electrons. The monoisotopic (exact) mass is 392 g/mol. The van der Waals surface area contributed by atoms with Crippen molar-refractivity contribution in [1.29, 1.82) is 0 Å². The smallest absolute Gasteiger partial charge is 0.321 e. The first kappa shape index (κ1) is 20.6. The summed E-state index contributed by atoms with van der Waals surface area (Å²) in [5.74, 6) is -0.601. The number of amides is 3. The highest BCUT2D eigenvalue weighted by atomic mass is 35.5. The van der Waals surface area contributed by atoms with Crippen LogP contribution in [0.4, 0.5) is 4.79 Å². The quantitative estimate of drug-likeness (QED) is 0.696. The molecule has 0 aromatic heterocycles. The third kappa shape index (κ3) is 8.42. The second kappa shape index (κ2) is 10.4. The first-order valence-corrected chi connectivity index (χ1v) is 8.96. The lowest BCUT2D eigenvalue weighted by Gasteiger charge is -2.09. The molecule has 0 aliphatic rings. The van der Waals surface area contributed by atoms with Crippen molar-refractivity contribution in [2.75, 3.05) is 12.4 Å². The van der Waals surface area contributed by atoms with Gasteiger partial charge in [0.05, 0.1) is 15.8 Å². The third-order valence-electron chi connectivity index (χ3n) is 2.51. The Morgan fingerprint density at radius 2 is 1.92 bits per heavy atom. The molecular formula is C15H18Cl2N2O4S.